The number of fused-ring (bicyclic) bond motifs is 1. The van der Waals surface area contributed by atoms with Gasteiger partial charge in [-0.1, -0.05) is 24.4 Å². The zero-order valence-electron chi connectivity index (χ0n) is 17.3. The summed E-state index contributed by atoms with van der Waals surface area (Å²) >= 11 is 9.75. The van der Waals surface area contributed by atoms with Gasteiger partial charge in [0.05, 0.1) is 5.02 Å². The van der Waals surface area contributed by atoms with E-state index in [0.29, 0.717) is 27.8 Å². The van der Waals surface area contributed by atoms with Gasteiger partial charge in [0.2, 0.25) is 0 Å². The molecule has 1 atom stereocenters. The van der Waals surface area contributed by atoms with Crippen molar-refractivity contribution in [2.45, 2.75) is 38.6 Å². The molecule has 158 valence electrons. The Kier molecular flexibility index (Phi) is 5.97. The highest BCUT2D eigenvalue weighted by molar-refractivity contribution is 9.10. The Hall–Kier alpha value is -2.19. The Morgan fingerprint density at radius 3 is 2.77 bits per heavy atom. The molecule has 0 unspecified atom stereocenters. The van der Waals surface area contributed by atoms with Gasteiger partial charge in [-0.3, -0.25) is 9.78 Å². The number of hydrogen-bond acceptors (Lipinski definition) is 5. The zero-order valence-corrected chi connectivity index (χ0v) is 19.6. The number of anilines is 1. The fourth-order valence-corrected chi connectivity index (χ4v) is 4.56. The largest absolute Gasteiger partial charge is 0.363 e. The lowest BCUT2D eigenvalue weighted by atomic mass is 10.1. The third-order valence-electron chi connectivity index (χ3n) is 5.45. The molecule has 1 amide bonds. The second kappa shape index (κ2) is 8.51. The van der Waals surface area contributed by atoms with Gasteiger partial charge in [0.15, 0.2) is 5.65 Å². The number of pyridine rings is 1. The topological polar surface area (TPSA) is 66.6 Å². The molecule has 1 saturated heterocycles. The van der Waals surface area contributed by atoms with Crippen LogP contribution in [-0.4, -0.2) is 57.1 Å². The van der Waals surface area contributed by atoms with Gasteiger partial charge in [-0.2, -0.15) is 9.61 Å². The third kappa shape index (κ3) is 4.03. The number of hydrogen-bond donors (Lipinski definition) is 0. The summed E-state index contributed by atoms with van der Waals surface area (Å²) in [6.07, 6.45) is 6.06. The lowest BCUT2D eigenvalue weighted by Crippen LogP contribution is -2.38. The molecular weight excluding hydrogens is 468 g/mol. The van der Waals surface area contributed by atoms with Crippen LogP contribution in [0, 0.1) is 0 Å². The molecule has 4 heterocycles. The van der Waals surface area contributed by atoms with E-state index in [4.69, 9.17) is 11.6 Å². The smallest absolute Gasteiger partial charge is 0.272 e. The molecule has 7 nitrogen and oxygen atoms in total. The van der Waals surface area contributed by atoms with Gasteiger partial charge >= 0.3 is 0 Å². The van der Waals surface area contributed by atoms with E-state index < -0.39 is 0 Å². The highest BCUT2D eigenvalue weighted by Crippen LogP contribution is 2.29. The number of halogens is 2. The van der Waals surface area contributed by atoms with Crippen molar-refractivity contribution < 1.29 is 4.79 Å². The van der Waals surface area contributed by atoms with Crippen LogP contribution in [-0.2, 0) is 0 Å². The lowest BCUT2D eigenvalue weighted by molar-refractivity contribution is 0.0692. The van der Waals surface area contributed by atoms with Crippen LogP contribution in [0.3, 0.4) is 0 Å². The summed E-state index contributed by atoms with van der Waals surface area (Å²) in [6, 6.07) is 5.62. The molecule has 4 rings (SSSR count). The average Bonchev–Trinajstić information content (AvgIpc) is 3.00. The van der Waals surface area contributed by atoms with Crippen LogP contribution in [0.1, 0.15) is 43.1 Å². The van der Waals surface area contributed by atoms with Crippen LogP contribution in [0.4, 0.5) is 5.82 Å². The maximum atomic E-state index is 13.3. The fourth-order valence-electron chi connectivity index (χ4n) is 3.83. The quantitative estimate of drug-likeness (QED) is 0.532. The van der Waals surface area contributed by atoms with Crippen molar-refractivity contribution in [1.82, 2.24) is 24.5 Å². The molecule has 0 radical (unpaired) electrons. The van der Waals surface area contributed by atoms with Gasteiger partial charge in [-0.05, 0) is 41.8 Å². The van der Waals surface area contributed by atoms with Crippen molar-refractivity contribution in [1.29, 1.82) is 0 Å². The van der Waals surface area contributed by atoms with Crippen LogP contribution in [0.25, 0.3) is 17.0 Å². The molecule has 0 spiro atoms. The molecule has 30 heavy (non-hydrogen) atoms. The third-order valence-corrected chi connectivity index (χ3v) is 6.17. The maximum Gasteiger partial charge on any atom is 0.272 e. The monoisotopic (exact) mass is 490 g/mol. The fraction of sp³-hybridized carbons (Fsp3) is 0.429. The number of carbonyl (C=O) groups excluding carboxylic acids is 1. The van der Waals surface area contributed by atoms with Gasteiger partial charge in [0.25, 0.3) is 5.91 Å². The highest BCUT2D eigenvalue weighted by atomic mass is 79.9. The average molecular weight is 492 g/mol. The SMILES string of the molecule is C[C@@H]1CCCCCN1C(=O)c1cc(N(C)C)n2nc(-c3ncc(Br)cc3Cl)cc2n1. The van der Waals surface area contributed by atoms with Crippen molar-refractivity contribution >= 4 is 44.9 Å². The van der Waals surface area contributed by atoms with E-state index in [2.05, 4.69) is 37.9 Å². The van der Waals surface area contributed by atoms with Crippen molar-refractivity contribution in [3.63, 3.8) is 0 Å². The predicted molar refractivity (Wildman–Crippen MR) is 122 cm³/mol. The van der Waals surface area contributed by atoms with E-state index in [-0.39, 0.29) is 11.9 Å². The van der Waals surface area contributed by atoms with E-state index in [1.165, 1.54) is 0 Å². The van der Waals surface area contributed by atoms with Crippen molar-refractivity contribution in [3.8, 4) is 11.4 Å². The van der Waals surface area contributed by atoms with Crippen LogP contribution in [0.15, 0.2) is 28.9 Å². The highest BCUT2D eigenvalue weighted by Gasteiger charge is 2.26. The van der Waals surface area contributed by atoms with E-state index in [0.717, 1.165) is 42.5 Å². The molecule has 0 saturated carbocycles. The van der Waals surface area contributed by atoms with E-state index in [1.807, 2.05) is 30.0 Å². The number of likely N-dealkylation sites (tertiary alicyclic amines) is 1. The lowest BCUT2D eigenvalue weighted by Gasteiger charge is -2.27. The Labute approximate surface area is 189 Å². The Morgan fingerprint density at radius 2 is 2.03 bits per heavy atom. The minimum absolute atomic E-state index is 0.0300. The molecule has 3 aromatic rings. The number of amides is 1. The van der Waals surface area contributed by atoms with Crippen LogP contribution in [0.5, 0.6) is 0 Å². The zero-order chi connectivity index (χ0) is 21.4. The summed E-state index contributed by atoms with van der Waals surface area (Å²) in [7, 11) is 3.84. The first kappa shape index (κ1) is 21.1. The summed E-state index contributed by atoms with van der Waals surface area (Å²) in [4.78, 5) is 26.3. The molecule has 3 aromatic heterocycles. The van der Waals surface area contributed by atoms with Crippen molar-refractivity contribution in [2.75, 3.05) is 25.5 Å². The summed E-state index contributed by atoms with van der Waals surface area (Å²) in [6.45, 7) is 2.89. The Balaban J connectivity index is 1.80. The van der Waals surface area contributed by atoms with Gasteiger partial charge in [0, 0.05) is 49.5 Å². The summed E-state index contributed by atoms with van der Waals surface area (Å²) < 4.78 is 2.52. The normalized spacial score (nSPS) is 17.2. The van der Waals surface area contributed by atoms with Gasteiger partial charge in [0.1, 0.15) is 22.9 Å². The first-order chi connectivity index (χ1) is 14.3. The molecule has 1 aliphatic rings. The Morgan fingerprint density at radius 1 is 1.23 bits per heavy atom. The van der Waals surface area contributed by atoms with Crippen molar-refractivity contribution in [2.24, 2.45) is 0 Å². The van der Waals surface area contributed by atoms with E-state index in [1.54, 1.807) is 22.8 Å². The minimum atomic E-state index is -0.0300. The number of nitrogens with zero attached hydrogens (tertiary/aromatic N) is 6. The minimum Gasteiger partial charge on any atom is -0.363 e. The predicted octanol–water partition coefficient (Wildman–Crippen LogP) is 4.68. The van der Waals surface area contributed by atoms with Gasteiger partial charge < -0.3 is 9.80 Å². The van der Waals surface area contributed by atoms with Crippen molar-refractivity contribution in [3.05, 3.63) is 39.6 Å². The number of rotatable bonds is 3. The van der Waals surface area contributed by atoms with Gasteiger partial charge in [-0.15, -0.1) is 0 Å². The molecule has 0 aliphatic carbocycles. The molecule has 0 N–H and O–H groups in total. The first-order valence-corrected chi connectivity index (χ1v) is 11.2. The molecule has 1 fully saturated rings. The molecular formula is C21H24BrClN6O. The van der Waals surface area contributed by atoms with Gasteiger partial charge in [-0.25, -0.2) is 4.98 Å². The van der Waals surface area contributed by atoms with Crippen LogP contribution >= 0.6 is 27.5 Å². The second-order valence-electron chi connectivity index (χ2n) is 7.87. The number of aromatic nitrogens is 4. The van der Waals surface area contributed by atoms with Crippen LogP contribution < -0.4 is 4.90 Å². The molecule has 1 aliphatic heterocycles. The molecule has 9 heteroatoms. The molecule has 0 bridgehead atoms. The van der Waals surface area contributed by atoms with Crippen LogP contribution in [0.2, 0.25) is 5.02 Å². The molecule has 0 aromatic carbocycles. The summed E-state index contributed by atoms with van der Waals surface area (Å²) in [5.74, 6) is 0.739. The summed E-state index contributed by atoms with van der Waals surface area (Å²) in [5.41, 5.74) is 2.20. The van der Waals surface area contributed by atoms with E-state index in [9.17, 15) is 4.79 Å². The summed E-state index contributed by atoms with van der Waals surface area (Å²) in [5, 5.41) is 5.16. The standard InChI is InChI=1S/C21H24BrClN6O/c1-13-7-5-4-6-8-28(13)21(30)17-11-19(27(2)3)29-18(25-17)10-16(26-29)20-15(23)9-14(22)12-24-20/h9-13H,4-8H2,1-3H3/t13-/m1/s1. The number of carbonyl (C=O) groups is 1. The second-order valence-corrected chi connectivity index (χ2v) is 9.20. The van der Waals surface area contributed by atoms with E-state index >= 15 is 0 Å². The maximum absolute atomic E-state index is 13.3. The Bertz CT molecular complexity index is 1100. The first-order valence-electron chi connectivity index (χ1n) is 10.1.